The standard InChI is InChI=1S/C9H11.2ClH.Hf/c1-2-5-9-7-3-6-8(9)4-1;;;/h1-2,4-6,8-9H,3,7H2;2*1H;/q;;;+2/p-2. The van der Waals surface area contributed by atoms with Crippen molar-refractivity contribution < 1.29 is 49.2 Å². The summed E-state index contributed by atoms with van der Waals surface area (Å²) in [5.41, 5.74) is 0. The third-order valence-corrected chi connectivity index (χ3v) is 4.99. The van der Waals surface area contributed by atoms with Gasteiger partial charge in [-0.05, 0) is 0 Å². The quantitative estimate of drug-likeness (QED) is 0.389. The molecule has 1 fully saturated rings. The fourth-order valence-electron chi connectivity index (χ4n) is 1.96. The van der Waals surface area contributed by atoms with Crippen LogP contribution in [0.2, 0.25) is 3.67 Å². The summed E-state index contributed by atoms with van der Waals surface area (Å²) >= 11 is 1.39. The summed E-state index contributed by atoms with van der Waals surface area (Å²) in [7, 11) is 0. The Bertz CT molecular complexity index is 189. The fourth-order valence-corrected chi connectivity index (χ4v) is 3.84. The molecular formula is C9H11Cl2Hf. The van der Waals surface area contributed by atoms with Crippen LogP contribution in [-0.2, 0) is 24.4 Å². The van der Waals surface area contributed by atoms with Gasteiger partial charge in [-0.2, -0.15) is 0 Å². The van der Waals surface area contributed by atoms with Crippen LogP contribution in [0.1, 0.15) is 12.8 Å². The molecule has 0 N–H and O–H groups in total. The van der Waals surface area contributed by atoms with E-state index < -0.39 is 0 Å². The molecule has 3 atom stereocenters. The Morgan fingerprint density at radius 1 is 1.00 bits per heavy atom. The van der Waals surface area contributed by atoms with Crippen molar-refractivity contribution in [3.63, 3.8) is 0 Å². The van der Waals surface area contributed by atoms with E-state index in [0.29, 0.717) is 0 Å². The Labute approximate surface area is 101 Å². The molecule has 0 aliphatic heterocycles. The SMILES string of the molecule is [Cl-].[Cl-].[Hf+2][CH]1CCC2C=CC=CC12. The Hall–Kier alpha value is 0.930. The molecule has 3 heteroatoms. The molecule has 0 amide bonds. The van der Waals surface area contributed by atoms with Crippen LogP contribution in [0.5, 0.6) is 0 Å². The molecule has 2 rings (SSSR count). The van der Waals surface area contributed by atoms with Gasteiger partial charge in [0, 0.05) is 0 Å². The first-order valence-corrected chi connectivity index (χ1v) is 6.01. The molecule has 0 aromatic heterocycles. The zero-order valence-corrected chi connectivity index (χ0v) is 11.8. The second-order valence-electron chi connectivity index (χ2n) is 3.19. The molecule has 0 nitrogen and oxygen atoms in total. The molecule has 0 saturated heterocycles. The van der Waals surface area contributed by atoms with Crippen LogP contribution in [-0.4, -0.2) is 0 Å². The second kappa shape index (κ2) is 5.62. The Morgan fingerprint density at radius 3 is 2.33 bits per heavy atom. The van der Waals surface area contributed by atoms with Gasteiger partial charge in [0.1, 0.15) is 0 Å². The van der Waals surface area contributed by atoms with Crippen LogP contribution < -0.4 is 24.8 Å². The summed E-state index contributed by atoms with van der Waals surface area (Å²) in [6.45, 7) is 0. The summed E-state index contributed by atoms with van der Waals surface area (Å²) in [5, 5.41) is 0. The number of rotatable bonds is 0. The molecule has 0 aromatic rings. The Kier molecular flexibility index (Phi) is 6.05. The maximum absolute atomic E-state index is 2.41. The van der Waals surface area contributed by atoms with E-state index in [1.165, 1.54) is 37.2 Å². The number of fused-ring (bicyclic) bond motifs is 1. The third kappa shape index (κ3) is 2.46. The third-order valence-electron chi connectivity index (χ3n) is 2.57. The number of hydrogen-bond acceptors (Lipinski definition) is 0. The molecule has 0 heterocycles. The molecule has 2 aliphatic rings. The number of hydrogen-bond donors (Lipinski definition) is 0. The van der Waals surface area contributed by atoms with Crippen LogP contribution in [0.4, 0.5) is 0 Å². The minimum atomic E-state index is 0. The second-order valence-corrected chi connectivity index (χ2v) is 5.86. The van der Waals surface area contributed by atoms with Crippen LogP contribution in [0.3, 0.4) is 0 Å². The molecule has 0 spiro atoms. The van der Waals surface area contributed by atoms with Gasteiger partial charge in [-0.25, -0.2) is 0 Å². The van der Waals surface area contributed by atoms with E-state index in [9.17, 15) is 0 Å². The monoisotopic (exact) mass is 369 g/mol. The molecule has 2 aliphatic carbocycles. The van der Waals surface area contributed by atoms with Crippen LogP contribution >= 0.6 is 0 Å². The van der Waals surface area contributed by atoms with E-state index >= 15 is 0 Å². The molecule has 0 bridgehead atoms. The molecule has 0 radical (unpaired) electrons. The first kappa shape index (κ1) is 12.9. The van der Waals surface area contributed by atoms with Crippen LogP contribution in [0.15, 0.2) is 24.3 Å². The van der Waals surface area contributed by atoms with Gasteiger partial charge in [-0.3, -0.25) is 0 Å². The van der Waals surface area contributed by atoms with E-state index in [-0.39, 0.29) is 24.8 Å². The van der Waals surface area contributed by atoms with E-state index in [2.05, 4.69) is 24.3 Å². The number of allylic oxidation sites excluding steroid dienone is 4. The molecule has 1 saturated carbocycles. The van der Waals surface area contributed by atoms with Gasteiger partial charge in [0.05, 0.1) is 0 Å². The minimum absolute atomic E-state index is 0. The van der Waals surface area contributed by atoms with Gasteiger partial charge in [-0.1, -0.05) is 0 Å². The van der Waals surface area contributed by atoms with Gasteiger partial charge >= 0.3 is 77.0 Å². The average molecular weight is 369 g/mol. The summed E-state index contributed by atoms with van der Waals surface area (Å²) < 4.78 is 1.06. The maximum atomic E-state index is 2.41. The van der Waals surface area contributed by atoms with Crippen molar-refractivity contribution in [1.82, 2.24) is 0 Å². The van der Waals surface area contributed by atoms with Crippen molar-refractivity contribution in [2.45, 2.75) is 16.5 Å². The van der Waals surface area contributed by atoms with Crippen molar-refractivity contribution in [1.29, 1.82) is 0 Å². The summed E-state index contributed by atoms with van der Waals surface area (Å²) in [4.78, 5) is 0. The van der Waals surface area contributed by atoms with Crippen molar-refractivity contribution in [3.8, 4) is 0 Å². The number of halogens is 2. The molecule has 0 aromatic carbocycles. The topological polar surface area (TPSA) is 0 Å². The van der Waals surface area contributed by atoms with Gasteiger partial charge in [0.25, 0.3) is 0 Å². The van der Waals surface area contributed by atoms with Crippen LogP contribution in [0.25, 0.3) is 0 Å². The van der Waals surface area contributed by atoms with Crippen molar-refractivity contribution in [3.05, 3.63) is 24.3 Å². The van der Waals surface area contributed by atoms with Gasteiger partial charge in [0.15, 0.2) is 0 Å². The summed E-state index contributed by atoms with van der Waals surface area (Å²) in [6.07, 6.45) is 12.2. The molecule has 65 valence electrons. The van der Waals surface area contributed by atoms with Gasteiger partial charge in [0.2, 0.25) is 0 Å². The van der Waals surface area contributed by atoms with Crippen molar-refractivity contribution in [2.24, 2.45) is 11.8 Å². The summed E-state index contributed by atoms with van der Waals surface area (Å²) in [5.74, 6) is 1.84. The van der Waals surface area contributed by atoms with E-state index in [1.54, 1.807) is 0 Å². The normalized spacial score (nSPS) is 36.7. The predicted molar refractivity (Wildman–Crippen MR) is 38.2 cm³/mol. The fraction of sp³-hybridized carbons (Fsp3) is 0.556. The molecular weight excluding hydrogens is 357 g/mol. The first-order valence-electron chi connectivity index (χ1n) is 3.94. The van der Waals surface area contributed by atoms with Crippen molar-refractivity contribution >= 4 is 0 Å². The van der Waals surface area contributed by atoms with Crippen LogP contribution in [0, 0.1) is 11.8 Å². The van der Waals surface area contributed by atoms with E-state index in [0.717, 1.165) is 15.5 Å². The van der Waals surface area contributed by atoms with Crippen molar-refractivity contribution in [2.75, 3.05) is 0 Å². The van der Waals surface area contributed by atoms with Gasteiger partial charge < -0.3 is 24.8 Å². The zero-order valence-electron chi connectivity index (χ0n) is 6.71. The van der Waals surface area contributed by atoms with E-state index in [4.69, 9.17) is 0 Å². The summed E-state index contributed by atoms with van der Waals surface area (Å²) in [6, 6.07) is 0. The predicted octanol–water partition coefficient (Wildman–Crippen LogP) is -3.52. The molecule has 3 unspecified atom stereocenters. The Balaban J connectivity index is 0.000000605. The van der Waals surface area contributed by atoms with E-state index in [1.807, 2.05) is 0 Å². The average Bonchev–Trinajstić information content (AvgIpc) is 2.34. The Morgan fingerprint density at radius 2 is 1.67 bits per heavy atom. The van der Waals surface area contributed by atoms with Gasteiger partial charge in [-0.15, -0.1) is 0 Å². The zero-order chi connectivity index (χ0) is 6.97. The first-order chi connectivity index (χ1) is 4.88. The molecule has 12 heavy (non-hydrogen) atoms.